The molecule has 0 aliphatic carbocycles. The van der Waals surface area contributed by atoms with Gasteiger partial charge in [0.1, 0.15) is 0 Å². The lowest BCUT2D eigenvalue weighted by Gasteiger charge is -2.15. The van der Waals surface area contributed by atoms with Gasteiger partial charge in [-0.05, 0) is 18.8 Å². The van der Waals surface area contributed by atoms with Gasteiger partial charge in [0.2, 0.25) is 11.8 Å². The summed E-state index contributed by atoms with van der Waals surface area (Å²) in [7, 11) is 0. The van der Waals surface area contributed by atoms with Gasteiger partial charge >= 0.3 is 0 Å². The number of nitrogens with one attached hydrogen (secondary N) is 1. The van der Waals surface area contributed by atoms with Crippen LogP contribution in [0.25, 0.3) is 0 Å². The number of carbonyl (C=O) groups is 2. The van der Waals surface area contributed by atoms with E-state index in [2.05, 4.69) is 24.3 Å². The summed E-state index contributed by atoms with van der Waals surface area (Å²) in [5.41, 5.74) is 0.773. The molecule has 2 atom stereocenters. The van der Waals surface area contributed by atoms with Crippen LogP contribution in [0.3, 0.4) is 0 Å². The van der Waals surface area contributed by atoms with Crippen LogP contribution in [0.1, 0.15) is 33.1 Å². The SMILES string of the molecule is CC(C)Cn1cc(N2C[C@H](C(=O)NC[C@H]3CCCO3)CC2=O)cn1. The number of aromatic nitrogens is 2. The molecule has 2 fully saturated rings. The number of anilines is 1. The van der Waals surface area contributed by atoms with Gasteiger partial charge in [0.15, 0.2) is 0 Å². The molecule has 2 aliphatic rings. The molecule has 1 N–H and O–H groups in total. The van der Waals surface area contributed by atoms with E-state index < -0.39 is 0 Å². The number of hydrogen-bond donors (Lipinski definition) is 1. The minimum Gasteiger partial charge on any atom is -0.376 e. The summed E-state index contributed by atoms with van der Waals surface area (Å²) in [6.07, 6.45) is 6.00. The van der Waals surface area contributed by atoms with Gasteiger partial charge in [-0.15, -0.1) is 0 Å². The second-order valence-corrected chi connectivity index (χ2v) is 7.10. The quantitative estimate of drug-likeness (QED) is 0.848. The Bertz CT molecular complexity index is 592. The van der Waals surface area contributed by atoms with E-state index in [0.29, 0.717) is 19.0 Å². The number of rotatable bonds is 6. The molecule has 0 unspecified atom stereocenters. The lowest BCUT2D eigenvalue weighted by Crippen LogP contribution is -2.37. The lowest BCUT2D eigenvalue weighted by atomic mass is 10.1. The Morgan fingerprint density at radius 2 is 2.33 bits per heavy atom. The Kier molecular flexibility index (Phi) is 5.18. The Morgan fingerprint density at radius 3 is 3.04 bits per heavy atom. The fourth-order valence-electron chi connectivity index (χ4n) is 3.26. The van der Waals surface area contributed by atoms with Crippen LogP contribution < -0.4 is 10.2 Å². The van der Waals surface area contributed by atoms with Crippen LogP contribution in [-0.2, 0) is 20.9 Å². The maximum absolute atomic E-state index is 12.3. The van der Waals surface area contributed by atoms with Gasteiger partial charge in [0.05, 0.1) is 23.9 Å². The first-order chi connectivity index (χ1) is 11.5. The minimum atomic E-state index is -0.299. The first kappa shape index (κ1) is 17.0. The summed E-state index contributed by atoms with van der Waals surface area (Å²) in [4.78, 5) is 26.2. The van der Waals surface area contributed by atoms with E-state index in [9.17, 15) is 9.59 Å². The molecule has 0 spiro atoms. The van der Waals surface area contributed by atoms with Crippen LogP contribution in [0.2, 0.25) is 0 Å². The summed E-state index contributed by atoms with van der Waals surface area (Å²) in [6, 6.07) is 0. The van der Waals surface area contributed by atoms with Crippen molar-refractivity contribution >= 4 is 17.5 Å². The standard InChI is InChI=1S/C17H26N4O3/c1-12(2)9-20-11-14(7-19-20)21-10-13(6-16(21)22)17(23)18-8-15-4-3-5-24-15/h7,11-13,15H,3-6,8-10H2,1-2H3,(H,18,23)/t13-,15-/m1/s1. The highest BCUT2D eigenvalue weighted by molar-refractivity contribution is 6.00. The molecule has 3 rings (SSSR count). The van der Waals surface area contributed by atoms with E-state index in [-0.39, 0.29) is 30.3 Å². The fraction of sp³-hybridized carbons (Fsp3) is 0.706. The Morgan fingerprint density at radius 1 is 1.50 bits per heavy atom. The molecular weight excluding hydrogens is 308 g/mol. The predicted octanol–water partition coefficient (Wildman–Crippen LogP) is 1.19. The summed E-state index contributed by atoms with van der Waals surface area (Å²) < 4.78 is 7.35. The third kappa shape index (κ3) is 3.95. The number of nitrogens with zero attached hydrogens (tertiary/aromatic N) is 3. The second kappa shape index (κ2) is 7.34. The first-order valence-electron chi connectivity index (χ1n) is 8.75. The van der Waals surface area contributed by atoms with Gasteiger partial charge < -0.3 is 15.0 Å². The van der Waals surface area contributed by atoms with E-state index in [1.165, 1.54) is 0 Å². The Balaban J connectivity index is 1.54. The van der Waals surface area contributed by atoms with Gasteiger partial charge in [-0.2, -0.15) is 5.10 Å². The molecule has 2 amide bonds. The van der Waals surface area contributed by atoms with Crippen molar-refractivity contribution in [2.24, 2.45) is 11.8 Å². The van der Waals surface area contributed by atoms with E-state index >= 15 is 0 Å². The summed E-state index contributed by atoms with van der Waals surface area (Å²) in [5, 5.41) is 7.23. The van der Waals surface area contributed by atoms with Crippen molar-refractivity contribution < 1.29 is 14.3 Å². The molecule has 0 radical (unpaired) electrons. The molecule has 2 aliphatic heterocycles. The van der Waals surface area contributed by atoms with Gasteiger partial charge in [0, 0.05) is 38.9 Å². The largest absolute Gasteiger partial charge is 0.376 e. The van der Waals surface area contributed by atoms with Crippen molar-refractivity contribution in [3.05, 3.63) is 12.4 Å². The highest BCUT2D eigenvalue weighted by Gasteiger charge is 2.35. The normalized spacial score (nSPS) is 24.1. The van der Waals surface area contributed by atoms with E-state index in [4.69, 9.17) is 4.74 Å². The topological polar surface area (TPSA) is 76.5 Å². The highest BCUT2D eigenvalue weighted by atomic mass is 16.5. The van der Waals surface area contributed by atoms with Gasteiger partial charge in [-0.1, -0.05) is 13.8 Å². The molecule has 0 aromatic carbocycles. The monoisotopic (exact) mass is 334 g/mol. The third-order valence-electron chi connectivity index (χ3n) is 4.51. The Labute approximate surface area is 142 Å². The van der Waals surface area contributed by atoms with Gasteiger partial charge in [-0.25, -0.2) is 0 Å². The molecular formula is C17H26N4O3. The molecule has 7 nitrogen and oxygen atoms in total. The lowest BCUT2D eigenvalue weighted by molar-refractivity contribution is -0.126. The smallest absolute Gasteiger partial charge is 0.227 e. The van der Waals surface area contributed by atoms with Crippen LogP contribution in [-0.4, -0.2) is 47.4 Å². The number of carbonyl (C=O) groups excluding carboxylic acids is 2. The molecule has 132 valence electrons. The minimum absolute atomic E-state index is 0.0173. The molecule has 0 saturated carbocycles. The van der Waals surface area contributed by atoms with E-state index in [1.54, 1.807) is 11.1 Å². The first-order valence-corrected chi connectivity index (χ1v) is 8.75. The van der Waals surface area contributed by atoms with Crippen LogP contribution in [0.15, 0.2) is 12.4 Å². The zero-order chi connectivity index (χ0) is 17.1. The van der Waals surface area contributed by atoms with Crippen molar-refractivity contribution in [2.45, 2.75) is 45.8 Å². The van der Waals surface area contributed by atoms with Crippen LogP contribution in [0.4, 0.5) is 5.69 Å². The van der Waals surface area contributed by atoms with Crippen molar-refractivity contribution in [1.29, 1.82) is 0 Å². The van der Waals surface area contributed by atoms with Crippen LogP contribution >= 0.6 is 0 Å². The third-order valence-corrected chi connectivity index (χ3v) is 4.51. The van der Waals surface area contributed by atoms with Gasteiger partial charge in [-0.3, -0.25) is 14.3 Å². The van der Waals surface area contributed by atoms with E-state index in [0.717, 1.165) is 31.7 Å². The fourth-order valence-corrected chi connectivity index (χ4v) is 3.26. The molecule has 2 saturated heterocycles. The molecule has 1 aromatic heterocycles. The van der Waals surface area contributed by atoms with E-state index in [1.807, 2.05) is 10.9 Å². The summed E-state index contributed by atoms with van der Waals surface area (Å²) in [5.74, 6) is 0.114. The summed E-state index contributed by atoms with van der Waals surface area (Å²) in [6.45, 7) is 6.79. The molecule has 7 heteroatoms. The Hall–Kier alpha value is -1.89. The van der Waals surface area contributed by atoms with Crippen LogP contribution in [0.5, 0.6) is 0 Å². The highest BCUT2D eigenvalue weighted by Crippen LogP contribution is 2.25. The van der Waals surface area contributed by atoms with Gasteiger partial charge in [0.25, 0.3) is 0 Å². The van der Waals surface area contributed by atoms with Crippen molar-refractivity contribution in [1.82, 2.24) is 15.1 Å². The maximum Gasteiger partial charge on any atom is 0.227 e. The molecule has 24 heavy (non-hydrogen) atoms. The van der Waals surface area contributed by atoms with Crippen molar-refractivity contribution in [3.63, 3.8) is 0 Å². The summed E-state index contributed by atoms with van der Waals surface area (Å²) >= 11 is 0. The predicted molar refractivity (Wildman–Crippen MR) is 89.5 cm³/mol. The average molecular weight is 334 g/mol. The van der Waals surface area contributed by atoms with Crippen molar-refractivity contribution in [2.75, 3.05) is 24.6 Å². The molecule has 1 aromatic rings. The zero-order valence-electron chi connectivity index (χ0n) is 14.4. The number of hydrogen-bond acceptors (Lipinski definition) is 4. The number of amides is 2. The second-order valence-electron chi connectivity index (χ2n) is 7.10. The maximum atomic E-state index is 12.3. The molecule has 3 heterocycles. The average Bonchev–Trinajstić information content (AvgIpc) is 3.24. The zero-order valence-corrected chi connectivity index (χ0v) is 14.4. The number of ether oxygens (including phenoxy) is 1. The van der Waals surface area contributed by atoms with Crippen molar-refractivity contribution in [3.8, 4) is 0 Å². The molecule has 0 bridgehead atoms. The van der Waals surface area contributed by atoms with Crippen LogP contribution in [0, 0.1) is 11.8 Å².